The van der Waals surface area contributed by atoms with Crippen molar-refractivity contribution in [1.82, 2.24) is 60.5 Å². The monoisotopic (exact) mass is 1560 g/mol. The molecule has 2 unspecified atom stereocenters. The maximum atomic E-state index is 16.0. The number of likely N-dealkylation sites (N-methyl/N-ethyl adjacent to an activating group) is 6. The van der Waals surface area contributed by atoms with Crippen molar-refractivity contribution in [2.75, 3.05) is 88.8 Å². The topological polar surface area (TPSA) is 338 Å². The van der Waals surface area contributed by atoms with Crippen molar-refractivity contribution in [3.8, 4) is 0 Å². The average molecular weight is 1560 g/mol. The molecule has 12 amide bonds. The standard InChI is InChI=1S/C80H141ClN12O16/c1-49(2)39-61-70(98)83-59(47-108-38-34-53(9)94)74(102)91(19)66(44-55-29-23-21-24-30-55)78(106)90(18)64(45-56-31-27-32-57(81)43-56)72(100)84-60(48-109-80(11,12)13)75(103)88(16)63(41-51(5)6)73(101)85-69(54(10)95)79(107)92(20)65(42-52(7)8)77(105)89(17)62(40-50(3)4)71(99)82-58(76(104)93-36-25-22-26-37-93)46-68(97)86(14)35-28-33-67(96)87(61)15/h49-66,69,94-95H,21-48H2,1-20H3,(H,82,99)(H,83,98)(H,84,100)(H,85,101)/t53-,54-,56?,57?,58+,59+,60+,61+,62+,63+,64+,65+,66+,69+/m1/s1. The fourth-order valence-electron chi connectivity index (χ4n) is 15.2. The van der Waals surface area contributed by atoms with Crippen molar-refractivity contribution in [1.29, 1.82) is 0 Å². The second kappa shape index (κ2) is 45.5. The second-order valence-electron chi connectivity index (χ2n) is 34.5. The number of aliphatic hydroxyl groups excluding tert-OH is 2. The maximum absolute atomic E-state index is 16.0. The highest BCUT2D eigenvalue weighted by molar-refractivity contribution is 6.20. The Morgan fingerprint density at radius 2 is 0.917 bits per heavy atom. The molecule has 4 rings (SSSR count). The number of piperidine rings is 1. The van der Waals surface area contributed by atoms with Gasteiger partial charge >= 0.3 is 0 Å². The van der Waals surface area contributed by atoms with Crippen LogP contribution in [0.1, 0.15) is 231 Å². The summed E-state index contributed by atoms with van der Waals surface area (Å²) in [5.74, 6) is -9.10. The Bertz CT molecular complexity index is 2970. The minimum absolute atomic E-state index is 0.00435. The third kappa shape index (κ3) is 30.3. The molecule has 14 atom stereocenters. The molecule has 28 nitrogen and oxygen atoms in total. The number of nitrogens with zero attached hydrogens (tertiary/aromatic N) is 8. The molecule has 109 heavy (non-hydrogen) atoms. The third-order valence-electron chi connectivity index (χ3n) is 21.9. The summed E-state index contributed by atoms with van der Waals surface area (Å²) in [4.78, 5) is 192. The fraction of sp³-hybridized carbons (Fsp3) is 0.850. The zero-order chi connectivity index (χ0) is 82.1. The van der Waals surface area contributed by atoms with Crippen LogP contribution in [0.4, 0.5) is 0 Å². The molecule has 0 radical (unpaired) electrons. The highest BCUT2D eigenvalue weighted by atomic mass is 35.5. The fourth-order valence-corrected chi connectivity index (χ4v) is 15.6. The smallest absolute Gasteiger partial charge is 0.248 e. The molecule has 0 aromatic carbocycles. The van der Waals surface area contributed by atoms with E-state index in [0.717, 1.165) is 56.3 Å². The van der Waals surface area contributed by atoms with E-state index in [2.05, 4.69) is 21.3 Å². The lowest BCUT2D eigenvalue weighted by molar-refractivity contribution is -0.152. The van der Waals surface area contributed by atoms with E-state index in [1.165, 1.54) is 85.7 Å². The van der Waals surface area contributed by atoms with Gasteiger partial charge < -0.3 is 80.2 Å². The first kappa shape index (κ1) is 95.1. The predicted octanol–water partition coefficient (Wildman–Crippen LogP) is 5.87. The van der Waals surface area contributed by atoms with Crippen LogP contribution in [0.15, 0.2) is 0 Å². The van der Waals surface area contributed by atoms with Gasteiger partial charge in [-0.25, -0.2) is 0 Å². The zero-order valence-corrected chi connectivity index (χ0v) is 70.6. The second-order valence-corrected chi connectivity index (χ2v) is 35.1. The van der Waals surface area contributed by atoms with Gasteiger partial charge in [-0.15, -0.1) is 11.6 Å². The van der Waals surface area contributed by atoms with E-state index < -0.39 is 162 Å². The van der Waals surface area contributed by atoms with Crippen molar-refractivity contribution in [3.63, 3.8) is 0 Å². The SMILES string of the molecule is CC(C)C[C@H]1C(=O)N[C@@H](COCC[C@@H](C)O)C(=O)N(C)[C@@H](CC2CCCCC2)C(=O)N(C)[C@@H](CC2CCCC(Cl)C2)C(=O)N[C@@H](COC(C)(C)C)C(=O)N(C)[C@@H](CC(C)C)C(=O)N[C@@H]([C@@H](C)O)C(=O)N(C)[C@@H](CC(C)C)C(=O)N(C)[C@@H](CC(C)C)C(=O)N[C@H](C(=O)N2CCCCC2)CC(=O)N(C)CCCC(=O)N1C. The van der Waals surface area contributed by atoms with E-state index in [1.54, 1.807) is 32.6 Å². The van der Waals surface area contributed by atoms with E-state index in [0.29, 0.717) is 38.8 Å². The van der Waals surface area contributed by atoms with Crippen LogP contribution in [0, 0.1) is 35.5 Å². The molecular weight excluding hydrogens is 1420 g/mol. The number of halogens is 1. The Hall–Kier alpha value is -6.23. The summed E-state index contributed by atoms with van der Waals surface area (Å²) in [7, 11) is 10.2. The molecule has 2 saturated carbocycles. The number of carbonyl (C=O) groups is 12. The first-order valence-electron chi connectivity index (χ1n) is 40.5. The molecule has 29 heteroatoms. The number of likely N-dealkylation sites (tertiary alicyclic amines) is 1. The van der Waals surface area contributed by atoms with Gasteiger partial charge in [0.1, 0.15) is 60.4 Å². The highest BCUT2D eigenvalue weighted by Gasteiger charge is 2.46. The van der Waals surface area contributed by atoms with Crippen LogP contribution in [0.25, 0.3) is 0 Å². The Labute approximate surface area is 656 Å². The number of nitrogens with one attached hydrogen (secondary N) is 4. The van der Waals surface area contributed by atoms with E-state index in [1.807, 2.05) is 55.4 Å². The van der Waals surface area contributed by atoms with Crippen molar-refractivity contribution in [3.05, 3.63) is 0 Å². The molecule has 624 valence electrons. The number of amides is 12. The Morgan fingerprint density at radius 1 is 0.477 bits per heavy atom. The lowest BCUT2D eigenvalue weighted by Gasteiger charge is -2.40. The van der Waals surface area contributed by atoms with Crippen LogP contribution < -0.4 is 21.3 Å². The summed E-state index contributed by atoms with van der Waals surface area (Å²) in [6.07, 6.45) is 7.23. The van der Waals surface area contributed by atoms with Gasteiger partial charge in [0.2, 0.25) is 70.9 Å². The first-order chi connectivity index (χ1) is 51.0. The molecule has 4 aliphatic rings. The highest BCUT2D eigenvalue weighted by Crippen LogP contribution is 2.34. The van der Waals surface area contributed by atoms with Gasteiger partial charge in [0.15, 0.2) is 0 Å². The van der Waals surface area contributed by atoms with Crippen molar-refractivity contribution in [2.45, 2.75) is 315 Å². The van der Waals surface area contributed by atoms with Crippen molar-refractivity contribution in [2.24, 2.45) is 35.5 Å². The van der Waals surface area contributed by atoms with Crippen LogP contribution in [-0.2, 0) is 67.0 Å². The lowest BCUT2D eigenvalue weighted by Crippen LogP contribution is -2.63. The number of rotatable bonds is 21. The van der Waals surface area contributed by atoms with E-state index in [-0.39, 0.29) is 118 Å². The van der Waals surface area contributed by atoms with Crippen LogP contribution in [-0.4, -0.2) is 293 Å². The van der Waals surface area contributed by atoms with Gasteiger partial charge in [0.05, 0.1) is 37.4 Å². The van der Waals surface area contributed by atoms with Gasteiger partial charge in [-0.05, 0) is 154 Å². The molecule has 0 aromatic heterocycles. The molecular formula is C80H141ClN12O16. The van der Waals surface area contributed by atoms with Crippen LogP contribution in [0.3, 0.4) is 0 Å². The molecule has 6 N–H and O–H groups in total. The number of carbonyl (C=O) groups excluding carboxylic acids is 12. The number of hydrogen-bond donors (Lipinski definition) is 6. The molecule has 2 aliphatic heterocycles. The van der Waals surface area contributed by atoms with Gasteiger partial charge in [-0.2, -0.15) is 0 Å². The van der Waals surface area contributed by atoms with Gasteiger partial charge in [-0.1, -0.05) is 100 Å². The normalized spacial score (nSPS) is 28.0. The zero-order valence-electron chi connectivity index (χ0n) is 69.8. The molecule has 2 saturated heterocycles. The number of hydrogen-bond acceptors (Lipinski definition) is 16. The van der Waals surface area contributed by atoms with Crippen LogP contribution >= 0.6 is 11.6 Å². The Morgan fingerprint density at radius 3 is 1.44 bits per heavy atom. The quantitative estimate of drug-likeness (QED) is 0.0578. The molecule has 4 fully saturated rings. The number of aliphatic hydroxyl groups is 2. The molecule has 2 heterocycles. The van der Waals surface area contributed by atoms with E-state index in [9.17, 15) is 24.6 Å². The summed E-state index contributed by atoms with van der Waals surface area (Å²) in [5, 5.41) is 33.1. The summed E-state index contributed by atoms with van der Waals surface area (Å²) in [6.45, 7) is 23.1. The Balaban J connectivity index is 2.00. The lowest BCUT2D eigenvalue weighted by atomic mass is 9.83. The van der Waals surface area contributed by atoms with Gasteiger partial charge in [-0.3, -0.25) is 57.5 Å². The molecule has 2 aliphatic carbocycles. The van der Waals surface area contributed by atoms with Crippen LogP contribution in [0.5, 0.6) is 0 Å². The predicted molar refractivity (Wildman–Crippen MR) is 419 cm³/mol. The Kier molecular flexibility index (Phi) is 39.7. The molecule has 0 spiro atoms. The van der Waals surface area contributed by atoms with Crippen molar-refractivity contribution >= 4 is 82.5 Å². The summed E-state index contributed by atoms with van der Waals surface area (Å²) in [5.41, 5.74) is -0.880. The summed E-state index contributed by atoms with van der Waals surface area (Å²) >= 11 is 6.86. The average Bonchev–Trinajstić information content (AvgIpc) is 0.809. The summed E-state index contributed by atoms with van der Waals surface area (Å²) in [6, 6.07) is -13.5. The molecule has 0 aromatic rings. The van der Waals surface area contributed by atoms with Gasteiger partial charge in [0, 0.05) is 87.4 Å². The number of ether oxygens (including phenoxy) is 2. The third-order valence-corrected chi connectivity index (χ3v) is 22.3. The number of alkyl halides is 1. The van der Waals surface area contributed by atoms with E-state index >= 15 is 43.2 Å². The van der Waals surface area contributed by atoms with Crippen LogP contribution in [0.2, 0.25) is 0 Å². The largest absolute Gasteiger partial charge is 0.393 e. The van der Waals surface area contributed by atoms with E-state index in [4.69, 9.17) is 21.1 Å². The summed E-state index contributed by atoms with van der Waals surface area (Å²) < 4.78 is 12.3. The first-order valence-corrected chi connectivity index (χ1v) is 40.9. The van der Waals surface area contributed by atoms with Gasteiger partial charge in [0.25, 0.3) is 0 Å². The minimum atomic E-state index is -1.70. The maximum Gasteiger partial charge on any atom is 0.248 e. The van der Waals surface area contributed by atoms with Crippen molar-refractivity contribution < 1.29 is 77.2 Å². The molecule has 0 bridgehead atoms. The minimum Gasteiger partial charge on any atom is -0.393 e.